The lowest BCUT2D eigenvalue weighted by atomic mass is 10.3. The second-order valence-electron chi connectivity index (χ2n) is 2.95. The monoisotopic (exact) mass is 216 g/mol. The summed E-state index contributed by atoms with van der Waals surface area (Å²) in [5.74, 6) is -0.676. The number of aromatic nitrogens is 3. The number of carbonyl (C=O) groups excluding carboxylic acids is 1. The Hall–Kier alpha value is -2.50. The standard InChI is InChI=1S/C10H8N4O2/c15-8-2-1-3-13-9(8)10(16)14-7-4-11-6-12-5-7/h1-6,15H,(H,14,16). The van der Waals surface area contributed by atoms with Crippen LogP contribution in [0.2, 0.25) is 0 Å². The van der Waals surface area contributed by atoms with E-state index in [2.05, 4.69) is 20.3 Å². The summed E-state index contributed by atoms with van der Waals surface area (Å²) >= 11 is 0. The summed E-state index contributed by atoms with van der Waals surface area (Å²) in [6, 6.07) is 2.93. The summed E-state index contributed by atoms with van der Waals surface area (Å²) in [4.78, 5) is 22.9. The number of nitrogens with one attached hydrogen (secondary N) is 1. The summed E-state index contributed by atoms with van der Waals surface area (Å²) < 4.78 is 0. The molecule has 2 aromatic heterocycles. The fourth-order valence-corrected chi connectivity index (χ4v) is 1.13. The van der Waals surface area contributed by atoms with Crippen LogP contribution in [0.1, 0.15) is 10.5 Å². The van der Waals surface area contributed by atoms with Crippen LogP contribution in [-0.2, 0) is 0 Å². The van der Waals surface area contributed by atoms with E-state index >= 15 is 0 Å². The van der Waals surface area contributed by atoms with E-state index in [-0.39, 0.29) is 11.4 Å². The molecule has 2 rings (SSSR count). The van der Waals surface area contributed by atoms with Crippen LogP contribution >= 0.6 is 0 Å². The first-order valence-corrected chi connectivity index (χ1v) is 4.48. The number of aromatic hydroxyl groups is 1. The molecule has 0 radical (unpaired) electrons. The molecule has 6 heteroatoms. The zero-order chi connectivity index (χ0) is 11.4. The molecule has 0 saturated carbocycles. The van der Waals surface area contributed by atoms with Crippen LogP contribution in [0.3, 0.4) is 0 Å². The Balaban J connectivity index is 2.19. The average Bonchev–Trinajstić information content (AvgIpc) is 2.31. The maximum absolute atomic E-state index is 11.6. The van der Waals surface area contributed by atoms with E-state index in [9.17, 15) is 9.90 Å². The fourth-order valence-electron chi connectivity index (χ4n) is 1.13. The van der Waals surface area contributed by atoms with Crippen LogP contribution in [0.15, 0.2) is 37.1 Å². The SMILES string of the molecule is O=C(Nc1cncnc1)c1ncccc1O. The van der Waals surface area contributed by atoms with Gasteiger partial charge in [-0.3, -0.25) is 4.79 Å². The topological polar surface area (TPSA) is 88.0 Å². The third-order valence-corrected chi connectivity index (χ3v) is 1.82. The van der Waals surface area contributed by atoms with Gasteiger partial charge in [-0.25, -0.2) is 15.0 Å². The van der Waals surface area contributed by atoms with E-state index < -0.39 is 5.91 Å². The quantitative estimate of drug-likeness (QED) is 0.776. The van der Waals surface area contributed by atoms with E-state index in [0.29, 0.717) is 5.69 Å². The van der Waals surface area contributed by atoms with Gasteiger partial charge in [0.25, 0.3) is 5.91 Å². The largest absolute Gasteiger partial charge is 0.505 e. The molecule has 16 heavy (non-hydrogen) atoms. The molecule has 0 spiro atoms. The molecule has 0 aliphatic heterocycles. The van der Waals surface area contributed by atoms with E-state index in [4.69, 9.17) is 0 Å². The minimum atomic E-state index is -0.507. The van der Waals surface area contributed by atoms with Crippen molar-refractivity contribution in [3.05, 3.63) is 42.7 Å². The lowest BCUT2D eigenvalue weighted by molar-refractivity contribution is 0.101. The smallest absolute Gasteiger partial charge is 0.278 e. The van der Waals surface area contributed by atoms with Crippen molar-refractivity contribution < 1.29 is 9.90 Å². The van der Waals surface area contributed by atoms with Gasteiger partial charge < -0.3 is 10.4 Å². The highest BCUT2D eigenvalue weighted by Gasteiger charge is 2.11. The molecule has 6 nitrogen and oxygen atoms in total. The molecule has 0 atom stereocenters. The number of anilines is 1. The molecule has 2 heterocycles. The third kappa shape index (κ3) is 2.11. The Kier molecular flexibility index (Phi) is 2.73. The molecule has 0 saturated heterocycles. The maximum atomic E-state index is 11.6. The Morgan fingerprint density at radius 1 is 1.31 bits per heavy atom. The van der Waals surface area contributed by atoms with Crippen molar-refractivity contribution in [1.29, 1.82) is 0 Å². The molecule has 1 amide bonds. The van der Waals surface area contributed by atoms with Crippen molar-refractivity contribution in [3.8, 4) is 5.75 Å². The number of rotatable bonds is 2. The molecule has 0 aliphatic rings. The summed E-state index contributed by atoms with van der Waals surface area (Å²) in [5.41, 5.74) is 0.406. The van der Waals surface area contributed by atoms with Crippen molar-refractivity contribution in [2.75, 3.05) is 5.32 Å². The summed E-state index contributed by atoms with van der Waals surface area (Å²) in [7, 11) is 0. The molecule has 2 N–H and O–H groups in total. The molecule has 0 aromatic carbocycles. The van der Waals surface area contributed by atoms with E-state index in [1.807, 2.05) is 0 Å². The minimum Gasteiger partial charge on any atom is -0.505 e. The van der Waals surface area contributed by atoms with Gasteiger partial charge in [-0.15, -0.1) is 0 Å². The van der Waals surface area contributed by atoms with Crippen molar-refractivity contribution in [2.24, 2.45) is 0 Å². The highest BCUT2D eigenvalue weighted by Crippen LogP contribution is 2.14. The Morgan fingerprint density at radius 2 is 2.06 bits per heavy atom. The lowest BCUT2D eigenvalue weighted by Crippen LogP contribution is -2.13. The first-order chi connectivity index (χ1) is 7.77. The third-order valence-electron chi connectivity index (χ3n) is 1.82. The molecule has 2 aromatic rings. The number of amides is 1. The lowest BCUT2D eigenvalue weighted by Gasteiger charge is -2.04. The normalized spacial score (nSPS) is 9.75. The second kappa shape index (κ2) is 4.35. The predicted molar refractivity (Wildman–Crippen MR) is 55.9 cm³/mol. The van der Waals surface area contributed by atoms with E-state index in [1.54, 1.807) is 0 Å². The average molecular weight is 216 g/mol. The Labute approximate surface area is 91.0 Å². The van der Waals surface area contributed by atoms with Gasteiger partial charge in [0.05, 0.1) is 18.1 Å². The van der Waals surface area contributed by atoms with Crippen LogP contribution in [0.5, 0.6) is 5.75 Å². The van der Waals surface area contributed by atoms with Crippen molar-refractivity contribution in [2.45, 2.75) is 0 Å². The van der Waals surface area contributed by atoms with Gasteiger partial charge in [0, 0.05) is 6.20 Å². The highest BCUT2D eigenvalue weighted by atomic mass is 16.3. The number of hydrogen-bond acceptors (Lipinski definition) is 5. The van der Waals surface area contributed by atoms with E-state index in [1.165, 1.54) is 37.1 Å². The number of carbonyl (C=O) groups is 1. The summed E-state index contributed by atoms with van der Waals surface area (Å²) in [5, 5.41) is 11.9. The van der Waals surface area contributed by atoms with Crippen LogP contribution in [0, 0.1) is 0 Å². The molecule has 0 unspecified atom stereocenters. The Morgan fingerprint density at radius 3 is 2.75 bits per heavy atom. The van der Waals surface area contributed by atoms with Gasteiger partial charge in [0.2, 0.25) is 0 Å². The van der Waals surface area contributed by atoms with Crippen LogP contribution in [-0.4, -0.2) is 26.0 Å². The van der Waals surface area contributed by atoms with Gasteiger partial charge in [-0.2, -0.15) is 0 Å². The zero-order valence-corrected chi connectivity index (χ0v) is 8.16. The molecular formula is C10H8N4O2. The first kappa shape index (κ1) is 10.0. The minimum absolute atomic E-state index is 0.0358. The van der Waals surface area contributed by atoms with Crippen molar-refractivity contribution >= 4 is 11.6 Å². The second-order valence-corrected chi connectivity index (χ2v) is 2.95. The van der Waals surface area contributed by atoms with Gasteiger partial charge in [-0.05, 0) is 12.1 Å². The Bertz CT molecular complexity index is 501. The van der Waals surface area contributed by atoms with Gasteiger partial charge in [0.1, 0.15) is 12.1 Å². The predicted octanol–water partition coefficient (Wildman–Crippen LogP) is 0.829. The van der Waals surface area contributed by atoms with Crippen LogP contribution < -0.4 is 5.32 Å². The molecule has 0 aliphatic carbocycles. The van der Waals surface area contributed by atoms with Gasteiger partial charge in [0.15, 0.2) is 5.69 Å². The molecular weight excluding hydrogens is 208 g/mol. The van der Waals surface area contributed by atoms with Crippen molar-refractivity contribution in [3.63, 3.8) is 0 Å². The number of hydrogen-bond donors (Lipinski definition) is 2. The number of nitrogens with zero attached hydrogens (tertiary/aromatic N) is 3. The van der Waals surface area contributed by atoms with Crippen LogP contribution in [0.25, 0.3) is 0 Å². The van der Waals surface area contributed by atoms with E-state index in [0.717, 1.165) is 0 Å². The highest BCUT2D eigenvalue weighted by molar-refractivity contribution is 6.04. The first-order valence-electron chi connectivity index (χ1n) is 4.48. The number of pyridine rings is 1. The van der Waals surface area contributed by atoms with Crippen LogP contribution in [0.4, 0.5) is 5.69 Å². The molecule has 80 valence electrons. The van der Waals surface area contributed by atoms with Gasteiger partial charge in [-0.1, -0.05) is 0 Å². The van der Waals surface area contributed by atoms with Gasteiger partial charge >= 0.3 is 0 Å². The fraction of sp³-hybridized carbons (Fsp3) is 0. The maximum Gasteiger partial charge on any atom is 0.278 e. The summed E-state index contributed by atoms with van der Waals surface area (Å²) in [6.07, 6.45) is 5.68. The zero-order valence-electron chi connectivity index (χ0n) is 8.16. The molecule has 0 bridgehead atoms. The molecule has 0 fully saturated rings. The van der Waals surface area contributed by atoms with Crippen molar-refractivity contribution in [1.82, 2.24) is 15.0 Å². The summed E-state index contributed by atoms with van der Waals surface area (Å²) in [6.45, 7) is 0.